The van der Waals surface area contributed by atoms with Crippen molar-refractivity contribution in [1.29, 1.82) is 0 Å². The van der Waals surface area contributed by atoms with Crippen molar-refractivity contribution in [3.63, 3.8) is 0 Å². The van der Waals surface area contributed by atoms with Crippen LogP contribution in [0, 0.1) is 18.8 Å². The molecule has 1 unspecified atom stereocenters. The summed E-state index contributed by atoms with van der Waals surface area (Å²) in [6, 6.07) is 5.33. The van der Waals surface area contributed by atoms with Crippen LogP contribution < -0.4 is 22.3 Å². The van der Waals surface area contributed by atoms with Gasteiger partial charge < -0.3 is 16.0 Å². The Labute approximate surface area is 199 Å². The zero-order valence-electron chi connectivity index (χ0n) is 20.7. The van der Waals surface area contributed by atoms with Crippen molar-refractivity contribution >= 4 is 23.2 Å². The number of nitrogens with one attached hydrogen (secondary N) is 1. The molecular weight excluding hydrogens is 434 g/mol. The summed E-state index contributed by atoms with van der Waals surface area (Å²) in [6.45, 7) is 9.52. The van der Waals surface area contributed by atoms with E-state index in [4.69, 9.17) is 5.73 Å². The summed E-state index contributed by atoms with van der Waals surface area (Å²) < 4.78 is 2.19. The number of Topliss-reactive ketones (excluding diaryl/α,β-unsaturated/α-hetero) is 1. The number of piperidine rings is 1. The van der Waals surface area contributed by atoms with Crippen LogP contribution >= 0.6 is 0 Å². The van der Waals surface area contributed by atoms with E-state index in [0.29, 0.717) is 23.7 Å². The van der Waals surface area contributed by atoms with Crippen LogP contribution in [0.2, 0.25) is 0 Å². The molecule has 0 spiro atoms. The summed E-state index contributed by atoms with van der Waals surface area (Å²) in [7, 11) is 1.34. The highest BCUT2D eigenvalue weighted by atomic mass is 16.2. The van der Waals surface area contributed by atoms with E-state index < -0.39 is 17.0 Å². The molecule has 1 aromatic carbocycles. The molecule has 3 N–H and O–H groups in total. The van der Waals surface area contributed by atoms with Crippen LogP contribution in [0.3, 0.4) is 0 Å². The molecule has 3 rings (SSSR count). The van der Waals surface area contributed by atoms with E-state index in [1.165, 1.54) is 11.6 Å². The monoisotopic (exact) mass is 469 g/mol. The van der Waals surface area contributed by atoms with Gasteiger partial charge in [0.2, 0.25) is 0 Å². The van der Waals surface area contributed by atoms with Gasteiger partial charge in [0.15, 0.2) is 5.78 Å². The van der Waals surface area contributed by atoms with Crippen LogP contribution in [-0.4, -0.2) is 45.4 Å². The van der Waals surface area contributed by atoms with E-state index in [1.807, 2.05) is 31.7 Å². The van der Waals surface area contributed by atoms with Crippen LogP contribution in [0.4, 0.5) is 11.5 Å². The van der Waals surface area contributed by atoms with Gasteiger partial charge in [-0.25, -0.2) is 4.79 Å². The number of aromatic nitrogens is 2. The molecule has 1 fully saturated rings. The number of hydrogen-bond donors (Lipinski definition) is 2. The Bertz CT molecular complexity index is 1210. The predicted octanol–water partition coefficient (Wildman–Crippen LogP) is 2.26. The minimum absolute atomic E-state index is 0.0148. The van der Waals surface area contributed by atoms with Gasteiger partial charge in [-0.15, -0.1) is 0 Å². The van der Waals surface area contributed by atoms with E-state index in [2.05, 4.69) is 12.2 Å². The van der Waals surface area contributed by atoms with E-state index >= 15 is 0 Å². The molecule has 34 heavy (non-hydrogen) atoms. The van der Waals surface area contributed by atoms with Gasteiger partial charge >= 0.3 is 5.69 Å². The minimum Gasteiger partial charge on any atom is -0.384 e. The lowest BCUT2D eigenvalue weighted by Crippen LogP contribution is -2.43. The number of aryl methyl sites for hydroxylation is 1. The molecule has 2 aromatic rings. The molecule has 0 saturated carbocycles. The van der Waals surface area contributed by atoms with Crippen LogP contribution in [0.15, 0.2) is 27.8 Å². The first-order valence-corrected chi connectivity index (χ1v) is 11.8. The number of likely N-dealkylation sites (tertiary alicyclic amines) is 1. The molecule has 184 valence electrons. The number of nitrogen functional groups attached to an aromatic ring is 1. The van der Waals surface area contributed by atoms with Gasteiger partial charge in [0, 0.05) is 37.9 Å². The van der Waals surface area contributed by atoms with Gasteiger partial charge in [-0.2, -0.15) is 0 Å². The Morgan fingerprint density at radius 2 is 1.94 bits per heavy atom. The van der Waals surface area contributed by atoms with Gasteiger partial charge in [0.1, 0.15) is 11.4 Å². The third-order valence-electron chi connectivity index (χ3n) is 6.27. The first-order valence-electron chi connectivity index (χ1n) is 11.8. The maximum atomic E-state index is 13.0. The fourth-order valence-corrected chi connectivity index (χ4v) is 4.40. The Morgan fingerprint density at radius 1 is 1.24 bits per heavy atom. The number of nitrogens with zero attached hydrogens (tertiary/aromatic N) is 3. The normalized spacial score (nSPS) is 16.1. The lowest BCUT2D eigenvalue weighted by atomic mass is 9.99. The Morgan fingerprint density at radius 3 is 2.56 bits per heavy atom. The van der Waals surface area contributed by atoms with Crippen molar-refractivity contribution in [2.45, 2.75) is 47.1 Å². The number of carbonyl (C=O) groups is 2. The zero-order valence-corrected chi connectivity index (χ0v) is 20.7. The molecular formula is C25H35N5O4. The van der Waals surface area contributed by atoms with Gasteiger partial charge in [-0.1, -0.05) is 20.8 Å². The molecule has 0 radical (unpaired) electrons. The van der Waals surface area contributed by atoms with Crippen LogP contribution in [0.25, 0.3) is 0 Å². The maximum absolute atomic E-state index is 13.0. The Hall–Kier alpha value is -3.36. The summed E-state index contributed by atoms with van der Waals surface area (Å²) in [6.07, 6.45) is 2.16. The molecule has 9 nitrogen and oxygen atoms in total. The second kappa shape index (κ2) is 10.3. The Kier molecular flexibility index (Phi) is 7.64. The second-order valence-corrected chi connectivity index (χ2v) is 9.72. The topological polar surface area (TPSA) is 119 Å². The van der Waals surface area contributed by atoms with E-state index in [9.17, 15) is 19.2 Å². The number of carbonyl (C=O) groups excluding carboxylic acids is 2. The van der Waals surface area contributed by atoms with Crippen molar-refractivity contribution < 1.29 is 9.59 Å². The van der Waals surface area contributed by atoms with Gasteiger partial charge in [0.25, 0.3) is 11.5 Å². The van der Waals surface area contributed by atoms with Crippen LogP contribution in [-0.2, 0) is 13.6 Å². The average Bonchev–Trinajstić information content (AvgIpc) is 2.79. The van der Waals surface area contributed by atoms with Crippen LogP contribution in [0.5, 0.6) is 0 Å². The molecule has 1 aliphatic heterocycles. The number of nitrogens with two attached hydrogens (primary N) is 1. The standard InChI is InChI=1S/C25H35N5O4/c1-15(2)13-30-22(26)21(24(33)28(5)25(30)34)20(31)12-27-19-9-8-18(11-17(19)4)23(32)29-10-6-7-16(3)14-29/h8-9,11,15-16,27H,6-7,10,12-14,26H2,1-5H3. The number of amides is 1. The summed E-state index contributed by atoms with van der Waals surface area (Å²) in [5.74, 6) is 0.0110. The lowest BCUT2D eigenvalue weighted by Gasteiger charge is -2.31. The number of ketones is 1. The number of benzene rings is 1. The van der Waals surface area contributed by atoms with Crippen molar-refractivity contribution in [3.05, 3.63) is 55.7 Å². The second-order valence-electron chi connectivity index (χ2n) is 9.72. The average molecular weight is 470 g/mol. The molecule has 1 aliphatic rings. The summed E-state index contributed by atoms with van der Waals surface area (Å²) in [5, 5.41) is 3.05. The highest BCUT2D eigenvalue weighted by molar-refractivity contribution is 6.02. The third kappa shape index (κ3) is 5.24. The first kappa shape index (κ1) is 25.3. The van der Waals surface area contributed by atoms with E-state index in [0.717, 1.165) is 36.1 Å². The van der Waals surface area contributed by atoms with Crippen molar-refractivity contribution in [3.8, 4) is 0 Å². The molecule has 9 heteroatoms. The van der Waals surface area contributed by atoms with Gasteiger partial charge in [0.05, 0.1) is 6.54 Å². The minimum atomic E-state index is -0.706. The molecule has 1 amide bonds. The number of hydrogen-bond acceptors (Lipinski definition) is 6. The lowest BCUT2D eigenvalue weighted by molar-refractivity contribution is 0.0683. The molecule has 2 heterocycles. The molecule has 1 saturated heterocycles. The SMILES string of the molecule is Cc1cc(C(=O)N2CCCC(C)C2)ccc1NCC(=O)c1c(N)n(CC(C)C)c(=O)n(C)c1=O. The van der Waals surface area contributed by atoms with Gasteiger partial charge in [-0.3, -0.25) is 23.5 Å². The number of anilines is 2. The first-order chi connectivity index (χ1) is 16.0. The van der Waals surface area contributed by atoms with Crippen molar-refractivity contribution in [2.24, 2.45) is 18.9 Å². The zero-order chi connectivity index (χ0) is 25.2. The third-order valence-corrected chi connectivity index (χ3v) is 6.27. The molecule has 0 aliphatic carbocycles. The van der Waals surface area contributed by atoms with E-state index in [-0.39, 0.29) is 29.8 Å². The molecule has 1 atom stereocenters. The Balaban J connectivity index is 1.78. The predicted molar refractivity (Wildman–Crippen MR) is 133 cm³/mol. The van der Waals surface area contributed by atoms with Crippen LogP contribution in [0.1, 0.15) is 59.9 Å². The fourth-order valence-electron chi connectivity index (χ4n) is 4.40. The largest absolute Gasteiger partial charge is 0.384 e. The summed E-state index contributed by atoms with van der Waals surface area (Å²) >= 11 is 0. The molecule has 1 aromatic heterocycles. The van der Waals surface area contributed by atoms with Crippen molar-refractivity contribution in [1.82, 2.24) is 14.0 Å². The smallest absolute Gasteiger partial charge is 0.332 e. The maximum Gasteiger partial charge on any atom is 0.332 e. The fraction of sp³-hybridized carbons (Fsp3) is 0.520. The highest BCUT2D eigenvalue weighted by Gasteiger charge is 2.24. The van der Waals surface area contributed by atoms with E-state index in [1.54, 1.807) is 12.1 Å². The summed E-state index contributed by atoms with van der Waals surface area (Å²) in [5.41, 5.74) is 6.76. The van der Waals surface area contributed by atoms with Gasteiger partial charge in [-0.05, 0) is 55.4 Å². The quantitative estimate of drug-likeness (QED) is 0.601. The molecule has 0 bridgehead atoms. The highest BCUT2D eigenvalue weighted by Crippen LogP contribution is 2.21. The van der Waals surface area contributed by atoms with Crippen molar-refractivity contribution in [2.75, 3.05) is 30.7 Å². The summed E-state index contributed by atoms with van der Waals surface area (Å²) in [4.78, 5) is 52.8. The number of rotatable bonds is 7.